The molecule has 0 unspecified atom stereocenters. The van der Waals surface area contributed by atoms with Gasteiger partial charge in [-0.3, -0.25) is 9.69 Å². The topological polar surface area (TPSA) is 47.4 Å². The Labute approximate surface area is 191 Å². The van der Waals surface area contributed by atoms with Crippen LogP contribution in [-0.4, -0.2) is 33.9 Å². The highest BCUT2D eigenvalue weighted by Crippen LogP contribution is 2.48. The molecule has 0 bridgehead atoms. The Hall–Kier alpha value is -2.22. The zero-order valence-electron chi connectivity index (χ0n) is 17.7. The van der Waals surface area contributed by atoms with Gasteiger partial charge < -0.3 is 9.30 Å². The normalized spacial score (nSPS) is 17.5. The van der Waals surface area contributed by atoms with E-state index in [0.29, 0.717) is 5.75 Å². The Morgan fingerprint density at radius 3 is 2.45 bits per heavy atom. The van der Waals surface area contributed by atoms with Crippen LogP contribution in [0.1, 0.15) is 24.2 Å². The molecule has 2 aromatic carbocycles. The summed E-state index contributed by atoms with van der Waals surface area (Å²) in [6.07, 6.45) is 2.43. The van der Waals surface area contributed by atoms with E-state index in [9.17, 15) is 4.79 Å². The van der Waals surface area contributed by atoms with Gasteiger partial charge in [0, 0.05) is 22.1 Å². The molecule has 31 heavy (non-hydrogen) atoms. The van der Waals surface area contributed by atoms with Crippen LogP contribution in [0, 0.1) is 13.8 Å². The molecular formula is C24H25N3O2S2. The van der Waals surface area contributed by atoms with E-state index in [1.807, 2.05) is 48.2 Å². The molecule has 1 saturated heterocycles. The molecule has 7 heteroatoms. The third-order valence-electron chi connectivity index (χ3n) is 5.84. The number of carbonyl (C=O) groups is 1. The van der Waals surface area contributed by atoms with Crippen molar-refractivity contribution < 1.29 is 9.53 Å². The van der Waals surface area contributed by atoms with E-state index in [4.69, 9.17) is 9.72 Å². The third kappa shape index (κ3) is 4.02. The van der Waals surface area contributed by atoms with Crippen LogP contribution in [0.4, 0.5) is 11.4 Å². The summed E-state index contributed by atoms with van der Waals surface area (Å²) in [5, 5.41) is 0.895. The lowest BCUT2D eigenvalue weighted by Crippen LogP contribution is -2.30. The number of anilines is 2. The summed E-state index contributed by atoms with van der Waals surface area (Å²) in [4.78, 5) is 22.3. The standard InChI is InChI=1S/C24H25N3O2S2/c1-16-17(2)26(14-18-8-7-13-29-18)24(25-16)30-15-23(28)27-19-9-3-5-11-21(19)31-22-12-6-4-10-20(22)27/h3-6,9-12,18H,7-8,13-15H2,1-2H3/t18-/m0/s1. The van der Waals surface area contributed by atoms with Crippen molar-refractivity contribution in [1.82, 2.24) is 9.55 Å². The van der Waals surface area contributed by atoms with Crippen molar-refractivity contribution in [3.8, 4) is 0 Å². The van der Waals surface area contributed by atoms with Gasteiger partial charge in [-0.1, -0.05) is 47.8 Å². The van der Waals surface area contributed by atoms with E-state index >= 15 is 0 Å². The Morgan fingerprint density at radius 1 is 1.13 bits per heavy atom. The molecule has 0 N–H and O–H groups in total. The number of aryl methyl sites for hydroxylation is 1. The number of imidazole rings is 1. The second-order valence-corrected chi connectivity index (χ2v) is 9.89. The number of para-hydroxylation sites is 2. The number of aromatic nitrogens is 2. The summed E-state index contributed by atoms with van der Waals surface area (Å²) >= 11 is 3.23. The molecule has 3 heterocycles. The molecule has 1 atom stereocenters. The molecule has 1 fully saturated rings. The molecule has 2 aliphatic heterocycles. The molecule has 160 valence electrons. The molecule has 0 spiro atoms. The van der Waals surface area contributed by atoms with Crippen molar-refractivity contribution in [2.24, 2.45) is 0 Å². The summed E-state index contributed by atoms with van der Waals surface area (Å²) in [6, 6.07) is 16.2. The molecule has 3 aromatic rings. The molecule has 0 radical (unpaired) electrons. The quantitative estimate of drug-likeness (QED) is 0.473. The predicted octanol–water partition coefficient (Wildman–Crippen LogP) is 5.60. The molecular weight excluding hydrogens is 426 g/mol. The first kappa shape index (κ1) is 20.7. The lowest BCUT2D eigenvalue weighted by molar-refractivity contribution is -0.115. The van der Waals surface area contributed by atoms with Crippen molar-refractivity contribution >= 4 is 40.8 Å². The lowest BCUT2D eigenvalue weighted by Gasteiger charge is -2.31. The highest BCUT2D eigenvalue weighted by molar-refractivity contribution is 8.00. The fourth-order valence-corrected chi connectivity index (χ4v) is 6.11. The molecule has 5 rings (SSSR count). The van der Waals surface area contributed by atoms with Gasteiger partial charge in [-0.05, 0) is 51.0 Å². The maximum absolute atomic E-state index is 13.5. The van der Waals surface area contributed by atoms with Crippen molar-refractivity contribution in [2.75, 3.05) is 17.3 Å². The van der Waals surface area contributed by atoms with Crippen LogP contribution in [0.25, 0.3) is 0 Å². The maximum atomic E-state index is 13.5. The highest BCUT2D eigenvalue weighted by atomic mass is 32.2. The summed E-state index contributed by atoms with van der Waals surface area (Å²) in [5.41, 5.74) is 4.06. The van der Waals surface area contributed by atoms with Crippen LogP contribution >= 0.6 is 23.5 Å². The van der Waals surface area contributed by atoms with Crippen molar-refractivity contribution in [2.45, 2.75) is 54.3 Å². The maximum Gasteiger partial charge on any atom is 0.242 e. The SMILES string of the molecule is Cc1nc(SCC(=O)N2c3ccccc3Sc3ccccc32)n(C[C@@H]2CCCO2)c1C. The number of amides is 1. The van der Waals surface area contributed by atoms with Gasteiger partial charge in [-0.15, -0.1) is 0 Å². The average Bonchev–Trinajstić information content (AvgIpc) is 3.39. The Morgan fingerprint density at radius 2 is 1.81 bits per heavy atom. The van der Waals surface area contributed by atoms with E-state index in [0.717, 1.165) is 63.7 Å². The van der Waals surface area contributed by atoms with E-state index in [2.05, 4.69) is 23.6 Å². The zero-order valence-corrected chi connectivity index (χ0v) is 19.3. The van der Waals surface area contributed by atoms with Gasteiger partial charge in [0.05, 0.1) is 35.5 Å². The summed E-state index contributed by atoms with van der Waals surface area (Å²) < 4.78 is 8.06. The number of rotatable bonds is 5. The van der Waals surface area contributed by atoms with Crippen LogP contribution in [0.3, 0.4) is 0 Å². The van der Waals surface area contributed by atoms with Gasteiger partial charge in [0.15, 0.2) is 5.16 Å². The molecule has 0 aliphatic carbocycles. The highest BCUT2D eigenvalue weighted by Gasteiger charge is 2.28. The van der Waals surface area contributed by atoms with E-state index in [-0.39, 0.29) is 12.0 Å². The number of hydrogen-bond acceptors (Lipinski definition) is 5. The molecule has 2 aliphatic rings. The number of fused-ring (bicyclic) bond motifs is 2. The minimum Gasteiger partial charge on any atom is -0.376 e. The number of benzene rings is 2. The first-order valence-corrected chi connectivity index (χ1v) is 12.4. The Kier molecular flexibility index (Phi) is 5.82. The first-order chi connectivity index (χ1) is 15.1. The van der Waals surface area contributed by atoms with Gasteiger partial charge in [0.25, 0.3) is 0 Å². The number of nitrogens with zero attached hydrogens (tertiary/aromatic N) is 3. The first-order valence-electron chi connectivity index (χ1n) is 10.6. The number of thioether (sulfide) groups is 1. The second-order valence-electron chi connectivity index (χ2n) is 7.87. The monoisotopic (exact) mass is 451 g/mol. The Balaban J connectivity index is 1.39. The third-order valence-corrected chi connectivity index (χ3v) is 7.93. The number of ether oxygens (including phenoxy) is 1. The van der Waals surface area contributed by atoms with Gasteiger partial charge in [-0.25, -0.2) is 4.98 Å². The largest absolute Gasteiger partial charge is 0.376 e. The summed E-state index contributed by atoms with van der Waals surface area (Å²) in [7, 11) is 0. The fourth-order valence-electron chi connectivity index (χ4n) is 4.10. The van der Waals surface area contributed by atoms with Crippen LogP contribution in [-0.2, 0) is 16.1 Å². The minimum absolute atomic E-state index is 0.0622. The molecule has 0 saturated carbocycles. The van der Waals surface area contributed by atoms with Crippen molar-refractivity contribution in [3.05, 3.63) is 59.9 Å². The van der Waals surface area contributed by atoms with Crippen molar-refractivity contribution in [1.29, 1.82) is 0 Å². The number of carbonyl (C=O) groups excluding carboxylic acids is 1. The van der Waals surface area contributed by atoms with Gasteiger partial charge in [0.2, 0.25) is 5.91 Å². The van der Waals surface area contributed by atoms with E-state index in [1.165, 1.54) is 11.8 Å². The summed E-state index contributed by atoms with van der Waals surface area (Å²) in [6.45, 7) is 5.76. The molecule has 1 aromatic heterocycles. The van der Waals surface area contributed by atoms with Crippen LogP contribution in [0.2, 0.25) is 0 Å². The molecule has 1 amide bonds. The summed E-state index contributed by atoms with van der Waals surface area (Å²) in [5.74, 6) is 0.390. The smallest absolute Gasteiger partial charge is 0.242 e. The van der Waals surface area contributed by atoms with E-state index < -0.39 is 0 Å². The van der Waals surface area contributed by atoms with Gasteiger partial charge in [0.1, 0.15) is 0 Å². The van der Waals surface area contributed by atoms with Gasteiger partial charge >= 0.3 is 0 Å². The van der Waals surface area contributed by atoms with Crippen LogP contribution in [0.15, 0.2) is 63.5 Å². The number of hydrogen-bond donors (Lipinski definition) is 0. The van der Waals surface area contributed by atoms with Crippen LogP contribution < -0.4 is 4.90 Å². The van der Waals surface area contributed by atoms with Crippen molar-refractivity contribution in [3.63, 3.8) is 0 Å². The van der Waals surface area contributed by atoms with E-state index in [1.54, 1.807) is 11.8 Å². The predicted molar refractivity (Wildman–Crippen MR) is 126 cm³/mol. The molecule has 5 nitrogen and oxygen atoms in total. The zero-order chi connectivity index (χ0) is 21.4. The fraction of sp³-hybridized carbons (Fsp3) is 0.333. The second kappa shape index (κ2) is 8.73. The van der Waals surface area contributed by atoms with Crippen LogP contribution in [0.5, 0.6) is 0 Å². The minimum atomic E-state index is 0.0622. The lowest BCUT2D eigenvalue weighted by atomic mass is 10.2. The Bertz CT molecular complexity index is 1080. The average molecular weight is 452 g/mol. The van der Waals surface area contributed by atoms with Gasteiger partial charge in [-0.2, -0.15) is 0 Å².